The molecule has 1 unspecified atom stereocenters. The van der Waals surface area contributed by atoms with Crippen molar-refractivity contribution < 1.29 is 9.90 Å². The molecule has 27 heavy (non-hydrogen) atoms. The molecule has 0 amide bonds. The molecule has 0 fully saturated rings. The van der Waals surface area contributed by atoms with Gasteiger partial charge in [-0.1, -0.05) is 97.4 Å². The van der Waals surface area contributed by atoms with Gasteiger partial charge in [0.15, 0.2) is 0 Å². The largest absolute Gasteiger partial charge is 0.389 e. The molecule has 1 aliphatic carbocycles. The number of allylic oxidation sites excluding steroid dienone is 3. The fourth-order valence-corrected chi connectivity index (χ4v) is 2.49. The molecule has 0 bridgehead atoms. The maximum atomic E-state index is 8.92. The number of benzene rings is 1. The Morgan fingerprint density at radius 3 is 1.89 bits per heavy atom. The Balaban J connectivity index is -0.000000492. The molecular formula is C25H44O2. The van der Waals surface area contributed by atoms with Crippen molar-refractivity contribution >= 4 is 17.4 Å². The van der Waals surface area contributed by atoms with Gasteiger partial charge in [0.05, 0.1) is 6.61 Å². The minimum Gasteiger partial charge on any atom is -0.389 e. The van der Waals surface area contributed by atoms with Crippen molar-refractivity contribution in [2.75, 3.05) is 6.61 Å². The van der Waals surface area contributed by atoms with E-state index in [2.05, 4.69) is 50.8 Å². The Hall–Kier alpha value is -1.67. The fourth-order valence-electron chi connectivity index (χ4n) is 2.49. The van der Waals surface area contributed by atoms with E-state index < -0.39 is 0 Å². The molecular weight excluding hydrogens is 332 g/mol. The zero-order chi connectivity index (χ0) is 21.7. The first-order valence-corrected chi connectivity index (χ1v) is 10.6. The van der Waals surface area contributed by atoms with E-state index in [-0.39, 0.29) is 6.61 Å². The Labute approximate surface area is 169 Å². The van der Waals surface area contributed by atoms with E-state index in [0.29, 0.717) is 6.29 Å². The van der Waals surface area contributed by atoms with Crippen molar-refractivity contribution in [1.29, 1.82) is 0 Å². The molecule has 0 aliphatic heterocycles. The summed E-state index contributed by atoms with van der Waals surface area (Å²) in [5.74, 6) is 0.911. The van der Waals surface area contributed by atoms with Crippen LogP contribution >= 0.6 is 0 Å². The van der Waals surface area contributed by atoms with Gasteiger partial charge >= 0.3 is 0 Å². The molecule has 156 valence electrons. The maximum Gasteiger partial charge on any atom is 0.145 e. The van der Waals surface area contributed by atoms with Gasteiger partial charge in [0.25, 0.3) is 0 Å². The third-order valence-electron chi connectivity index (χ3n) is 3.92. The highest BCUT2D eigenvalue weighted by molar-refractivity contribution is 5.69. The molecule has 0 aromatic heterocycles. The molecule has 2 nitrogen and oxygen atoms in total. The zero-order valence-electron chi connectivity index (χ0n) is 19.1. The maximum absolute atomic E-state index is 8.92. The molecule has 2 heteroatoms. The number of carbonyl (C=O) groups is 1. The third-order valence-corrected chi connectivity index (χ3v) is 3.92. The quantitative estimate of drug-likeness (QED) is 0.550. The zero-order valence-corrected chi connectivity index (χ0v) is 19.1. The van der Waals surface area contributed by atoms with Gasteiger partial charge in [-0.25, -0.2) is 0 Å². The standard InChI is InChI=1S/C17H22.C2H4O2.3C2H6/c1-4-14-5-7-16(8-6-14)17-11-9-15(10-12-17)13(2)3;3-1-2-4;3*1-2/h7,9-12,14H,2,4-6,8H2,1,3H3;1,4H,2H2;3*1-2H3. The fraction of sp³-hybridized carbons (Fsp3) is 0.560. The topological polar surface area (TPSA) is 37.3 Å². The van der Waals surface area contributed by atoms with Gasteiger partial charge in [0.1, 0.15) is 6.29 Å². The molecule has 0 spiro atoms. The summed E-state index contributed by atoms with van der Waals surface area (Å²) in [6, 6.07) is 8.85. The van der Waals surface area contributed by atoms with Gasteiger partial charge in [-0.3, -0.25) is 0 Å². The van der Waals surface area contributed by atoms with Crippen molar-refractivity contribution in [3.8, 4) is 0 Å². The smallest absolute Gasteiger partial charge is 0.145 e. The number of aldehydes is 1. The van der Waals surface area contributed by atoms with E-state index in [1.807, 2.05) is 41.5 Å². The Morgan fingerprint density at radius 2 is 1.59 bits per heavy atom. The van der Waals surface area contributed by atoms with Crippen LogP contribution in [0.15, 0.2) is 36.9 Å². The van der Waals surface area contributed by atoms with Gasteiger partial charge < -0.3 is 9.90 Å². The van der Waals surface area contributed by atoms with Crippen LogP contribution in [0.1, 0.15) is 92.2 Å². The predicted octanol–water partition coefficient (Wildman–Crippen LogP) is 7.57. The predicted molar refractivity (Wildman–Crippen MR) is 124 cm³/mol. The van der Waals surface area contributed by atoms with Crippen LogP contribution in [0.25, 0.3) is 11.1 Å². The van der Waals surface area contributed by atoms with Crippen LogP contribution in [0.2, 0.25) is 0 Å². The molecule has 0 saturated carbocycles. The number of rotatable bonds is 4. The number of aliphatic hydroxyl groups is 1. The van der Waals surface area contributed by atoms with Crippen LogP contribution in [0.3, 0.4) is 0 Å². The summed E-state index contributed by atoms with van der Waals surface area (Å²) in [7, 11) is 0. The Morgan fingerprint density at radius 1 is 1.11 bits per heavy atom. The molecule has 0 radical (unpaired) electrons. The SMILES string of the molecule is C=C(C)c1ccc(C2=CCC(CC)CC2)cc1.CC.CC.CC.O=CCO. The first-order chi connectivity index (χ1) is 13.1. The number of hydrogen-bond acceptors (Lipinski definition) is 2. The second kappa shape index (κ2) is 22.4. The van der Waals surface area contributed by atoms with Gasteiger partial charge in [-0.2, -0.15) is 0 Å². The van der Waals surface area contributed by atoms with Crippen molar-refractivity contribution in [2.24, 2.45) is 5.92 Å². The van der Waals surface area contributed by atoms with Gasteiger partial charge in [0.2, 0.25) is 0 Å². The van der Waals surface area contributed by atoms with Crippen LogP contribution in [0.5, 0.6) is 0 Å². The van der Waals surface area contributed by atoms with E-state index in [4.69, 9.17) is 9.90 Å². The highest BCUT2D eigenvalue weighted by Gasteiger charge is 2.13. The summed E-state index contributed by atoms with van der Waals surface area (Å²) in [6.07, 6.45) is 8.04. The second-order valence-corrected chi connectivity index (χ2v) is 5.48. The van der Waals surface area contributed by atoms with Crippen LogP contribution in [0, 0.1) is 5.92 Å². The molecule has 1 aromatic rings. The van der Waals surface area contributed by atoms with E-state index in [1.54, 1.807) is 0 Å². The third kappa shape index (κ3) is 14.1. The van der Waals surface area contributed by atoms with Gasteiger partial charge in [0, 0.05) is 0 Å². The highest BCUT2D eigenvalue weighted by Crippen LogP contribution is 2.31. The Bertz CT molecular complexity index is 484. The van der Waals surface area contributed by atoms with E-state index in [9.17, 15) is 0 Å². The first-order valence-electron chi connectivity index (χ1n) is 10.6. The molecule has 1 atom stereocenters. The van der Waals surface area contributed by atoms with Gasteiger partial charge in [-0.15, -0.1) is 0 Å². The van der Waals surface area contributed by atoms with E-state index >= 15 is 0 Å². The number of aliphatic hydroxyl groups excluding tert-OH is 1. The summed E-state index contributed by atoms with van der Waals surface area (Å²) in [5, 5.41) is 7.51. The lowest BCUT2D eigenvalue weighted by Crippen LogP contribution is -2.03. The summed E-state index contributed by atoms with van der Waals surface area (Å²) < 4.78 is 0. The van der Waals surface area contributed by atoms with Crippen LogP contribution < -0.4 is 0 Å². The monoisotopic (exact) mass is 376 g/mol. The minimum atomic E-state index is -0.361. The van der Waals surface area contributed by atoms with Crippen molar-refractivity contribution in [3.63, 3.8) is 0 Å². The van der Waals surface area contributed by atoms with E-state index in [1.165, 1.54) is 42.4 Å². The van der Waals surface area contributed by atoms with Crippen LogP contribution in [-0.4, -0.2) is 18.0 Å². The minimum absolute atomic E-state index is 0.361. The van der Waals surface area contributed by atoms with Crippen molar-refractivity contribution in [1.82, 2.24) is 0 Å². The Kier molecular flexibility index (Phi) is 24.9. The van der Waals surface area contributed by atoms with Crippen molar-refractivity contribution in [3.05, 3.63) is 48.0 Å². The summed E-state index contributed by atoms with van der Waals surface area (Å²) in [6.45, 7) is 20.0. The average molecular weight is 377 g/mol. The summed E-state index contributed by atoms with van der Waals surface area (Å²) in [4.78, 5) is 8.92. The van der Waals surface area contributed by atoms with E-state index in [0.717, 1.165) is 11.5 Å². The lowest BCUT2D eigenvalue weighted by atomic mass is 9.85. The normalized spacial score (nSPS) is 14.1. The second-order valence-electron chi connectivity index (χ2n) is 5.48. The first kappa shape index (κ1) is 30.1. The molecule has 0 heterocycles. The van der Waals surface area contributed by atoms with Crippen molar-refractivity contribution in [2.45, 2.75) is 81.1 Å². The molecule has 1 N–H and O–H groups in total. The van der Waals surface area contributed by atoms with Crippen LogP contribution in [-0.2, 0) is 4.79 Å². The molecule has 1 aliphatic rings. The summed E-state index contributed by atoms with van der Waals surface area (Å²) in [5.41, 5.74) is 5.31. The van der Waals surface area contributed by atoms with Crippen LogP contribution in [0.4, 0.5) is 0 Å². The average Bonchev–Trinajstić information content (AvgIpc) is 2.78. The number of carbonyl (C=O) groups excluding carboxylic acids is 1. The lowest BCUT2D eigenvalue weighted by Gasteiger charge is -2.20. The molecule has 0 saturated heterocycles. The highest BCUT2D eigenvalue weighted by atomic mass is 16.3. The lowest BCUT2D eigenvalue weighted by molar-refractivity contribution is -0.110. The number of hydrogen-bond donors (Lipinski definition) is 1. The molecule has 2 rings (SSSR count). The summed E-state index contributed by atoms with van der Waals surface area (Å²) >= 11 is 0. The van der Waals surface area contributed by atoms with Gasteiger partial charge in [-0.05, 0) is 48.8 Å². The molecule has 1 aromatic carbocycles.